The second-order valence-electron chi connectivity index (χ2n) is 5.55. The third-order valence-electron chi connectivity index (χ3n) is 4.00. The summed E-state index contributed by atoms with van der Waals surface area (Å²) in [7, 11) is 1.46. The number of aryl methyl sites for hydroxylation is 1. The number of carbonyl (C=O) groups excluding carboxylic acids is 1. The van der Waals surface area contributed by atoms with Crippen molar-refractivity contribution in [2.45, 2.75) is 19.0 Å². The number of nitro groups is 1. The standard InChI is InChI=1S/C15H14N4O5/c1-17-8-12(19(23)24)13(16-17)14(20)18-7-10-5-3-2-4-9(10)6-11(18)15(21)22/h2-5,8,11H,6-7H2,1H3,(H,21,22). The molecule has 1 N–H and O–H groups in total. The maximum absolute atomic E-state index is 12.7. The van der Waals surface area contributed by atoms with Crippen molar-refractivity contribution in [2.75, 3.05) is 0 Å². The highest BCUT2D eigenvalue weighted by atomic mass is 16.6. The summed E-state index contributed by atoms with van der Waals surface area (Å²) in [6, 6.07) is 6.13. The Kier molecular flexibility index (Phi) is 3.76. The lowest BCUT2D eigenvalue weighted by atomic mass is 9.93. The average Bonchev–Trinajstić information content (AvgIpc) is 2.95. The van der Waals surface area contributed by atoms with Crippen molar-refractivity contribution in [3.8, 4) is 0 Å². The summed E-state index contributed by atoms with van der Waals surface area (Å²) in [6.07, 6.45) is 1.28. The van der Waals surface area contributed by atoms with Crippen LogP contribution in [0.3, 0.4) is 0 Å². The summed E-state index contributed by atoms with van der Waals surface area (Å²) in [5.74, 6) is -1.92. The number of amides is 1. The van der Waals surface area contributed by atoms with Crippen LogP contribution in [0.2, 0.25) is 0 Å². The Hall–Kier alpha value is -3.23. The van der Waals surface area contributed by atoms with Crippen LogP contribution in [0.4, 0.5) is 5.69 Å². The van der Waals surface area contributed by atoms with Crippen LogP contribution in [0.1, 0.15) is 21.6 Å². The van der Waals surface area contributed by atoms with Crippen molar-refractivity contribution in [3.05, 3.63) is 57.4 Å². The van der Waals surface area contributed by atoms with Gasteiger partial charge in [0.25, 0.3) is 5.91 Å². The van der Waals surface area contributed by atoms with Gasteiger partial charge in [-0.2, -0.15) is 5.10 Å². The fraction of sp³-hybridized carbons (Fsp3) is 0.267. The number of benzene rings is 1. The zero-order valence-corrected chi connectivity index (χ0v) is 12.7. The highest BCUT2D eigenvalue weighted by molar-refractivity contribution is 5.98. The fourth-order valence-electron chi connectivity index (χ4n) is 2.85. The molecular weight excluding hydrogens is 316 g/mol. The molecule has 0 bridgehead atoms. The SMILES string of the molecule is Cn1cc([N+](=O)[O-])c(C(=O)N2Cc3ccccc3CC2C(=O)O)n1. The lowest BCUT2D eigenvalue weighted by Crippen LogP contribution is -2.48. The van der Waals surface area contributed by atoms with Crippen LogP contribution in [0, 0.1) is 10.1 Å². The number of carbonyl (C=O) groups is 2. The van der Waals surface area contributed by atoms with E-state index in [2.05, 4.69) is 5.10 Å². The van der Waals surface area contributed by atoms with Gasteiger partial charge in [-0.3, -0.25) is 19.6 Å². The van der Waals surface area contributed by atoms with Crippen LogP contribution >= 0.6 is 0 Å². The number of hydrogen-bond acceptors (Lipinski definition) is 5. The van der Waals surface area contributed by atoms with Crippen LogP contribution in [0.5, 0.6) is 0 Å². The Morgan fingerprint density at radius 1 is 1.33 bits per heavy atom. The monoisotopic (exact) mass is 330 g/mol. The molecule has 1 aliphatic rings. The summed E-state index contributed by atoms with van der Waals surface area (Å²) in [6.45, 7) is 0.0691. The van der Waals surface area contributed by atoms with E-state index in [9.17, 15) is 24.8 Å². The van der Waals surface area contributed by atoms with Gasteiger partial charge in [0.2, 0.25) is 5.69 Å². The van der Waals surface area contributed by atoms with Gasteiger partial charge in [-0.1, -0.05) is 24.3 Å². The van der Waals surface area contributed by atoms with E-state index in [0.29, 0.717) is 0 Å². The molecule has 1 aliphatic heterocycles. The summed E-state index contributed by atoms with van der Waals surface area (Å²) in [5, 5.41) is 24.4. The molecule has 0 fully saturated rings. The fourth-order valence-corrected chi connectivity index (χ4v) is 2.85. The third kappa shape index (κ3) is 2.60. The Labute approximate surface area is 136 Å². The Morgan fingerprint density at radius 2 is 2.00 bits per heavy atom. The maximum atomic E-state index is 12.7. The van der Waals surface area contributed by atoms with Crippen LogP contribution in [0.15, 0.2) is 30.5 Å². The van der Waals surface area contributed by atoms with Gasteiger partial charge < -0.3 is 10.0 Å². The lowest BCUT2D eigenvalue weighted by molar-refractivity contribution is -0.385. The molecule has 0 saturated carbocycles. The largest absolute Gasteiger partial charge is 0.480 e. The molecule has 1 atom stereocenters. The zero-order chi connectivity index (χ0) is 17.4. The number of hydrogen-bond donors (Lipinski definition) is 1. The van der Waals surface area contributed by atoms with Crippen LogP contribution in [-0.2, 0) is 24.8 Å². The summed E-state index contributed by atoms with van der Waals surface area (Å²) in [5.41, 5.74) is 0.880. The Balaban J connectivity index is 2.02. The van der Waals surface area contributed by atoms with E-state index in [1.165, 1.54) is 11.7 Å². The molecule has 3 rings (SSSR count). The van der Waals surface area contributed by atoms with Gasteiger partial charge in [-0.05, 0) is 11.1 Å². The number of aromatic nitrogens is 2. The summed E-state index contributed by atoms with van der Waals surface area (Å²) in [4.78, 5) is 35.9. The second kappa shape index (κ2) is 5.76. The van der Waals surface area contributed by atoms with Crippen molar-refractivity contribution < 1.29 is 19.6 Å². The number of carboxylic acid groups (broad SMARTS) is 1. The molecule has 2 heterocycles. The van der Waals surface area contributed by atoms with E-state index in [4.69, 9.17) is 0 Å². The summed E-state index contributed by atoms with van der Waals surface area (Å²) < 4.78 is 1.17. The van der Waals surface area contributed by atoms with Crippen LogP contribution in [-0.4, -0.2) is 42.6 Å². The number of fused-ring (bicyclic) bond motifs is 1. The Bertz CT molecular complexity index is 844. The van der Waals surface area contributed by atoms with Gasteiger partial charge in [0.05, 0.1) is 4.92 Å². The number of nitrogens with zero attached hydrogens (tertiary/aromatic N) is 4. The molecule has 1 aromatic carbocycles. The van der Waals surface area contributed by atoms with Gasteiger partial charge in [-0.15, -0.1) is 0 Å². The predicted molar refractivity (Wildman–Crippen MR) is 81.3 cm³/mol. The molecule has 2 aromatic rings. The first-order valence-corrected chi connectivity index (χ1v) is 7.17. The van der Waals surface area contributed by atoms with Crippen molar-refractivity contribution in [1.82, 2.24) is 14.7 Å². The highest BCUT2D eigenvalue weighted by Crippen LogP contribution is 2.27. The third-order valence-corrected chi connectivity index (χ3v) is 4.00. The van der Waals surface area contributed by atoms with E-state index in [-0.39, 0.29) is 18.7 Å². The Morgan fingerprint density at radius 3 is 2.62 bits per heavy atom. The number of aliphatic carboxylic acids is 1. The molecule has 0 saturated heterocycles. The smallest absolute Gasteiger partial charge is 0.326 e. The van der Waals surface area contributed by atoms with Crippen molar-refractivity contribution in [3.63, 3.8) is 0 Å². The van der Waals surface area contributed by atoms with Gasteiger partial charge in [0.1, 0.15) is 12.2 Å². The number of carboxylic acids is 1. The van der Waals surface area contributed by atoms with Gasteiger partial charge >= 0.3 is 11.7 Å². The molecule has 0 spiro atoms. The van der Waals surface area contributed by atoms with Crippen LogP contribution < -0.4 is 0 Å². The minimum absolute atomic E-state index is 0.0691. The minimum Gasteiger partial charge on any atom is -0.480 e. The minimum atomic E-state index is -1.16. The molecule has 1 amide bonds. The molecule has 24 heavy (non-hydrogen) atoms. The van der Waals surface area contributed by atoms with E-state index in [1.54, 1.807) is 18.2 Å². The van der Waals surface area contributed by atoms with Crippen molar-refractivity contribution >= 4 is 17.6 Å². The quantitative estimate of drug-likeness (QED) is 0.662. The van der Waals surface area contributed by atoms with Gasteiger partial charge in [-0.25, -0.2) is 4.79 Å². The first-order chi connectivity index (χ1) is 11.4. The zero-order valence-electron chi connectivity index (χ0n) is 12.7. The molecular formula is C15H14N4O5. The van der Waals surface area contributed by atoms with Gasteiger partial charge in [0, 0.05) is 20.0 Å². The van der Waals surface area contributed by atoms with Gasteiger partial charge in [0.15, 0.2) is 0 Å². The van der Waals surface area contributed by atoms with Crippen molar-refractivity contribution in [2.24, 2.45) is 7.05 Å². The van der Waals surface area contributed by atoms with Crippen molar-refractivity contribution in [1.29, 1.82) is 0 Å². The molecule has 9 nitrogen and oxygen atoms in total. The normalized spacial score (nSPS) is 16.5. The molecule has 1 unspecified atom stereocenters. The molecule has 0 aliphatic carbocycles. The van der Waals surface area contributed by atoms with Crippen LogP contribution in [0.25, 0.3) is 0 Å². The highest BCUT2D eigenvalue weighted by Gasteiger charge is 2.38. The van der Waals surface area contributed by atoms with E-state index in [0.717, 1.165) is 22.2 Å². The molecule has 124 valence electrons. The predicted octanol–water partition coefficient (Wildman–Crippen LogP) is 0.980. The topological polar surface area (TPSA) is 119 Å². The summed E-state index contributed by atoms with van der Waals surface area (Å²) >= 11 is 0. The first-order valence-electron chi connectivity index (χ1n) is 7.17. The molecule has 9 heteroatoms. The maximum Gasteiger partial charge on any atom is 0.326 e. The second-order valence-corrected chi connectivity index (χ2v) is 5.55. The molecule has 0 radical (unpaired) electrons. The lowest BCUT2D eigenvalue weighted by Gasteiger charge is -2.33. The van der Waals surface area contributed by atoms with E-state index < -0.39 is 28.5 Å². The van der Waals surface area contributed by atoms with E-state index >= 15 is 0 Å². The average molecular weight is 330 g/mol. The number of rotatable bonds is 3. The first kappa shape index (κ1) is 15.7. The molecule has 1 aromatic heterocycles. The van der Waals surface area contributed by atoms with E-state index in [1.807, 2.05) is 6.07 Å².